The number of carbonyl (C=O) groups excluding carboxylic acids is 1. The molecule has 12 heteroatoms. The summed E-state index contributed by atoms with van der Waals surface area (Å²) < 4.78 is 17.4. The molecule has 1 heterocycles. The van der Waals surface area contributed by atoms with E-state index in [9.17, 15) is 4.79 Å². The van der Waals surface area contributed by atoms with Gasteiger partial charge in [0.1, 0.15) is 5.75 Å². The lowest BCUT2D eigenvalue weighted by Gasteiger charge is -2.11. The van der Waals surface area contributed by atoms with Gasteiger partial charge in [0.25, 0.3) is 5.91 Å². The Morgan fingerprint density at radius 3 is 2.33 bits per heavy atom. The second-order valence-corrected chi connectivity index (χ2v) is 10.1. The van der Waals surface area contributed by atoms with Crippen molar-refractivity contribution in [1.82, 2.24) is 15.6 Å². The molecule has 174 valence electrons. The highest BCUT2D eigenvalue weighted by molar-refractivity contribution is 8.03. The van der Waals surface area contributed by atoms with E-state index < -0.39 is 0 Å². The third-order valence-electron chi connectivity index (χ3n) is 4.12. The number of thioether (sulfide) groups is 2. The van der Waals surface area contributed by atoms with Gasteiger partial charge in [-0.25, -0.2) is 5.43 Å². The second-order valence-electron chi connectivity index (χ2n) is 6.28. The van der Waals surface area contributed by atoms with E-state index in [0.29, 0.717) is 32.2 Å². The number of halogens is 1. The number of methoxy groups -OCH3 is 3. The van der Waals surface area contributed by atoms with Gasteiger partial charge in [-0.15, -0.1) is 10.2 Å². The molecule has 1 N–H and O–H groups in total. The van der Waals surface area contributed by atoms with Crippen LogP contribution >= 0.6 is 46.5 Å². The Labute approximate surface area is 209 Å². The van der Waals surface area contributed by atoms with E-state index in [1.807, 2.05) is 24.3 Å². The van der Waals surface area contributed by atoms with Crippen LogP contribution in [0.1, 0.15) is 11.1 Å². The molecule has 3 rings (SSSR count). The lowest BCUT2D eigenvalue weighted by molar-refractivity contribution is -0.118. The number of hydrazone groups is 1. The summed E-state index contributed by atoms with van der Waals surface area (Å²) in [4.78, 5) is 12.1. The van der Waals surface area contributed by atoms with Crippen molar-refractivity contribution in [2.24, 2.45) is 5.10 Å². The van der Waals surface area contributed by atoms with Crippen molar-refractivity contribution in [2.75, 3.05) is 27.1 Å². The van der Waals surface area contributed by atoms with Gasteiger partial charge >= 0.3 is 0 Å². The molecule has 0 fully saturated rings. The van der Waals surface area contributed by atoms with Crippen molar-refractivity contribution in [2.45, 2.75) is 14.4 Å². The highest BCUT2D eigenvalue weighted by Crippen LogP contribution is 2.34. The van der Waals surface area contributed by atoms with E-state index in [2.05, 4.69) is 20.7 Å². The Kier molecular flexibility index (Phi) is 9.67. The number of hydrogen-bond donors (Lipinski definition) is 1. The topological polar surface area (TPSA) is 94.9 Å². The summed E-state index contributed by atoms with van der Waals surface area (Å²) in [5.74, 6) is 2.28. The van der Waals surface area contributed by atoms with Gasteiger partial charge in [0, 0.05) is 22.4 Å². The minimum atomic E-state index is -0.263. The fourth-order valence-electron chi connectivity index (χ4n) is 2.53. The molecule has 0 radical (unpaired) electrons. The lowest BCUT2D eigenvalue weighted by Crippen LogP contribution is -2.19. The molecular weight excluding hydrogens is 504 g/mol. The Hall–Kier alpha value is -2.47. The zero-order chi connectivity index (χ0) is 23.6. The summed E-state index contributed by atoms with van der Waals surface area (Å²) in [5, 5.41) is 13.0. The first-order valence-corrected chi connectivity index (χ1v) is 12.6. The number of hydrogen-bond acceptors (Lipinski definition) is 10. The number of aromatic nitrogens is 2. The van der Waals surface area contributed by atoms with E-state index in [1.165, 1.54) is 36.4 Å². The Morgan fingerprint density at radius 2 is 1.67 bits per heavy atom. The molecule has 33 heavy (non-hydrogen) atoms. The smallest absolute Gasteiger partial charge is 0.250 e. The summed E-state index contributed by atoms with van der Waals surface area (Å²) in [6, 6.07) is 11.1. The maximum atomic E-state index is 12.1. The Balaban J connectivity index is 1.48. The predicted octanol–water partition coefficient (Wildman–Crippen LogP) is 4.75. The molecule has 0 aliphatic rings. The molecular formula is C21H21ClN4O4S3. The van der Waals surface area contributed by atoms with Gasteiger partial charge in [0.05, 0.1) is 33.3 Å². The van der Waals surface area contributed by atoms with Gasteiger partial charge in [0.15, 0.2) is 20.2 Å². The van der Waals surface area contributed by atoms with Crippen LogP contribution in [-0.4, -0.2) is 49.4 Å². The van der Waals surface area contributed by atoms with Crippen LogP contribution in [0.15, 0.2) is 50.2 Å². The van der Waals surface area contributed by atoms with E-state index in [1.54, 1.807) is 38.1 Å². The monoisotopic (exact) mass is 524 g/mol. The van der Waals surface area contributed by atoms with Crippen LogP contribution in [-0.2, 0) is 10.5 Å². The minimum absolute atomic E-state index is 0.164. The first-order chi connectivity index (χ1) is 16.0. The Morgan fingerprint density at radius 1 is 1.03 bits per heavy atom. The molecule has 2 aromatic carbocycles. The number of nitrogens with one attached hydrogen (secondary N) is 1. The van der Waals surface area contributed by atoms with Gasteiger partial charge in [-0.2, -0.15) is 5.10 Å². The number of carbonyl (C=O) groups is 1. The van der Waals surface area contributed by atoms with E-state index in [-0.39, 0.29) is 11.7 Å². The average Bonchev–Trinajstić information content (AvgIpc) is 3.30. The first-order valence-electron chi connectivity index (χ1n) is 9.47. The summed E-state index contributed by atoms with van der Waals surface area (Å²) in [6.45, 7) is 0. The third-order valence-corrected chi connectivity index (χ3v) is 7.63. The fourth-order valence-corrected chi connectivity index (χ4v) is 5.42. The molecule has 0 unspecified atom stereocenters. The maximum Gasteiger partial charge on any atom is 0.250 e. The standard InChI is InChI=1S/C21H21ClN4O4S3/c1-28-16-9-18(30-3)17(29-2)8-14(16)10-23-24-19(27)12-32-21-26-25-20(33-21)31-11-13-4-6-15(22)7-5-13/h4-10H,11-12H2,1-3H3,(H,24,27). The quantitative estimate of drug-likeness (QED) is 0.218. The maximum absolute atomic E-state index is 12.1. The summed E-state index contributed by atoms with van der Waals surface area (Å²) in [5.41, 5.74) is 4.28. The largest absolute Gasteiger partial charge is 0.496 e. The molecule has 0 spiro atoms. The zero-order valence-electron chi connectivity index (χ0n) is 18.0. The van der Waals surface area contributed by atoms with Crippen molar-refractivity contribution in [1.29, 1.82) is 0 Å². The van der Waals surface area contributed by atoms with Crippen LogP contribution < -0.4 is 19.6 Å². The van der Waals surface area contributed by atoms with E-state index >= 15 is 0 Å². The number of ether oxygens (including phenoxy) is 3. The normalized spacial score (nSPS) is 10.9. The molecule has 0 atom stereocenters. The summed E-state index contributed by atoms with van der Waals surface area (Å²) >= 11 is 10.2. The third kappa shape index (κ3) is 7.53. The van der Waals surface area contributed by atoms with Crippen molar-refractivity contribution < 1.29 is 19.0 Å². The number of amides is 1. The second kappa shape index (κ2) is 12.7. The van der Waals surface area contributed by atoms with E-state index in [4.69, 9.17) is 25.8 Å². The van der Waals surface area contributed by atoms with Gasteiger partial charge < -0.3 is 14.2 Å². The van der Waals surface area contributed by atoms with Gasteiger partial charge in [-0.05, 0) is 23.8 Å². The summed E-state index contributed by atoms with van der Waals surface area (Å²) in [7, 11) is 4.62. The molecule has 8 nitrogen and oxygen atoms in total. The molecule has 3 aromatic rings. The number of rotatable bonds is 11. The van der Waals surface area contributed by atoms with Crippen LogP contribution in [0.2, 0.25) is 5.02 Å². The molecule has 0 aliphatic carbocycles. The van der Waals surface area contributed by atoms with Crippen molar-refractivity contribution in [3.05, 3.63) is 52.5 Å². The number of nitrogens with zero attached hydrogens (tertiary/aromatic N) is 3. The SMILES string of the molecule is COc1cc(OC)c(OC)cc1C=NNC(=O)CSc1nnc(SCc2ccc(Cl)cc2)s1. The minimum Gasteiger partial charge on any atom is -0.496 e. The molecule has 0 saturated carbocycles. The first kappa shape index (κ1) is 25.2. The van der Waals surface area contributed by atoms with Crippen molar-refractivity contribution >= 4 is 58.6 Å². The highest BCUT2D eigenvalue weighted by atomic mass is 35.5. The molecule has 0 saturated heterocycles. The Bertz CT molecular complexity index is 1110. The van der Waals surface area contributed by atoms with Crippen molar-refractivity contribution in [3.63, 3.8) is 0 Å². The van der Waals surface area contributed by atoms with Crippen LogP contribution in [0.4, 0.5) is 0 Å². The van der Waals surface area contributed by atoms with Gasteiger partial charge in [-0.3, -0.25) is 4.79 Å². The van der Waals surface area contributed by atoms with Crippen LogP contribution in [0.25, 0.3) is 0 Å². The number of benzene rings is 2. The van der Waals surface area contributed by atoms with Crippen molar-refractivity contribution in [3.8, 4) is 17.2 Å². The van der Waals surface area contributed by atoms with Crippen LogP contribution in [0.5, 0.6) is 17.2 Å². The average molecular weight is 525 g/mol. The molecule has 0 aliphatic heterocycles. The van der Waals surface area contributed by atoms with E-state index in [0.717, 1.165) is 15.7 Å². The van der Waals surface area contributed by atoms with Crippen LogP contribution in [0, 0.1) is 0 Å². The zero-order valence-corrected chi connectivity index (χ0v) is 21.2. The summed E-state index contributed by atoms with van der Waals surface area (Å²) in [6.07, 6.45) is 1.49. The predicted molar refractivity (Wildman–Crippen MR) is 133 cm³/mol. The fraction of sp³-hybridized carbons (Fsp3) is 0.238. The van der Waals surface area contributed by atoms with Gasteiger partial charge in [-0.1, -0.05) is 58.6 Å². The lowest BCUT2D eigenvalue weighted by atomic mass is 10.2. The van der Waals surface area contributed by atoms with Crippen LogP contribution in [0.3, 0.4) is 0 Å². The molecule has 1 amide bonds. The van der Waals surface area contributed by atoms with Gasteiger partial charge in [0.2, 0.25) is 0 Å². The molecule has 0 bridgehead atoms. The molecule has 1 aromatic heterocycles. The highest BCUT2D eigenvalue weighted by Gasteiger charge is 2.11.